The number of nitrogens with zero attached hydrogens (tertiary/aromatic N) is 1. The van der Waals surface area contributed by atoms with Crippen molar-refractivity contribution in [2.45, 2.75) is 19.6 Å². The summed E-state index contributed by atoms with van der Waals surface area (Å²) < 4.78 is 0. The molecule has 3 N–H and O–H groups in total. The zero-order chi connectivity index (χ0) is 9.14. The molecule has 0 bridgehead atoms. The minimum atomic E-state index is -0.671. The Morgan fingerprint density at radius 3 is 2.92 bits per heavy atom. The quantitative estimate of drug-likeness (QED) is 0.633. The number of hydrogen-bond donors (Lipinski definition) is 2. The Hall–Kier alpha value is -0.450. The van der Waals surface area contributed by atoms with Crippen molar-refractivity contribution in [2.24, 2.45) is 5.84 Å². The van der Waals surface area contributed by atoms with Crippen LogP contribution in [-0.4, -0.2) is 22.6 Å². The third kappa shape index (κ3) is 1.83. The number of nitrogens with two attached hydrogens (primary N) is 1. The number of allylic oxidation sites excluding steroid dienone is 1. The lowest BCUT2D eigenvalue weighted by Gasteiger charge is -2.25. The van der Waals surface area contributed by atoms with Gasteiger partial charge in [0.25, 0.3) is 0 Å². The van der Waals surface area contributed by atoms with Crippen molar-refractivity contribution in [1.82, 2.24) is 5.01 Å². The molecule has 0 radical (unpaired) electrons. The first-order valence-electron chi connectivity index (χ1n) is 3.87. The smallest absolute Gasteiger partial charge is 0.159 e. The van der Waals surface area contributed by atoms with E-state index in [2.05, 4.69) is 6.92 Å². The normalized spacial score (nSPS) is 23.7. The van der Waals surface area contributed by atoms with E-state index in [1.807, 2.05) is 6.26 Å². The van der Waals surface area contributed by atoms with E-state index in [0.29, 0.717) is 0 Å². The van der Waals surface area contributed by atoms with E-state index in [0.717, 1.165) is 16.9 Å². The van der Waals surface area contributed by atoms with Gasteiger partial charge in [-0.05, 0) is 24.3 Å². The summed E-state index contributed by atoms with van der Waals surface area (Å²) in [4.78, 5) is 1.13. The van der Waals surface area contributed by atoms with Crippen LogP contribution in [0.2, 0.25) is 0 Å². The van der Waals surface area contributed by atoms with Crippen LogP contribution >= 0.6 is 11.8 Å². The van der Waals surface area contributed by atoms with Crippen LogP contribution in [0, 0.1) is 0 Å². The van der Waals surface area contributed by atoms with Gasteiger partial charge < -0.3 is 5.11 Å². The summed E-state index contributed by atoms with van der Waals surface area (Å²) in [6, 6.07) is 0. The Bertz CT molecular complexity index is 201. The summed E-state index contributed by atoms with van der Waals surface area (Å²) in [5.74, 6) is 5.51. The summed E-state index contributed by atoms with van der Waals surface area (Å²) in [5.41, 5.74) is 1.16. The van der Waals surface area contributed by atoms with Gasteiger partial charge in [0.05, 0.1) is 0 Å². The highest BCUT2D eigenvalue weighted by Crippen LogP contribution is 2.27. The van der Waals surface area contributed by atoms with Crippen molar-refractivity contribution in [1.29, 1.82) is 0 Å². The fourth-order valence-corrected chi connectivity index (χ4v) is 1.82. The van der Waals surface area contributed by atoms with E-state index < -0.39 is 6.23 Å². The van der Waals surface area contributed by atoms with Gasteiger partial charge in [-0.25, -0.2) is 5.84 Å². The van der Waals surface area contributed by atoms with Crippen molar-refractivity contribution in [3.8, 4) is 0 Å². The van der Waals surface area contributed by atoms with Crippen LogP contribution in [0.3, 0.4) is 0 Å². The van der Waals surface area contributed by atoms with E-state index in [9.17, 15) is 5.11 Å². The standard InChI is InChI=1S/C8H14N2OS/c1-3-6-4-8(11)10(9)5-7(6)12-2/h4-5,8,11H,3,9H2,1-2H3. The number of hydrazine groups is 1. The minimum absolute atomic E-state index is 0.671. The monoisotopic (exact) mass is 186 g/mol. The van der Waals surface area contributed by atoms with E-state index in [4.69, 9.17) is 5.84 Å². The summed E-state index contributed by atoms with van der Waals surface area (Å²) in [6.07, 6.45) is 5.81. The van der Waals surface area contributed by atoms with E-state index in [1.54, 1.807) is 24.0 Å². The first kappa shape index (κ1) is 9.64. The van der Waals surface area contributed by atoms with Gasteiger partial charge in [-0.3, -0.25) is 5.01 Å². The fourth-order valence-electron chi connectivity index (χ4n) is 1.12. The average molecular weight is 186 g/mol. The molecule has 0 aromatic rings. The number of aliphatic hydroxyl groups excluding tert-OH is 1. The van der Waals surface area contributed by atoms with Crippen LogP contribution in [0.15, 0.2) is 22.8 Å². The third-order valence-electron chi connectivity index (χ3n) is 1.84. The van der Waals surface area contributed by atoms with E-state index in [1.165, 1.54) is 5.01 Å². The molecule has 12 heavy (non-hydrogen) atoms. The number of aliphatic hydroxyl groups is 1. The molecule has 3 nitrogen and oxygen atoms in total. The lowest BCUT2D eigenvalue weighted by Crippen LogP contribution is -2.37. The zero-order valence-corrected chi connectivity index (χ0v) is 8.14. The Kier molecular flexibility index (Phi) is 3.20. The second kappa shape index (κ2) is 3.98. The molecular formula is C8H14N2OS. The second-order valence-electron chi connectivity index (χ2n) is 2.60. The molecule has 0 fully saturated rings. The molecule has 1 unspecified atom stereocenters. The van der Waals surface area contributed by atoms with Crippen molar-refractivity contribution < 1.29 is 5.11 Å². The predicted octanol–water partition coefficient (Wildman–Crippen LogP) is 1.03. The van der Waals surface area contributed by atoms with Crippen molar-refractivity contribution >= 4 is 11.8 Å². The van der Waals surface area contributed by atoms with Crippen LogP contribution < -0.4 is 5.84 Å². The molecule has 0 aromatic carbocycles. The van der Waals surface area contributed by atoms with Crippen LogP contribution in [0.4, 0.5) is 0 Å². The van der Waals surface area contributed by atoms with Gasteiger partial charge in [0, 0.05) is 11.1 Å². The maximum Gasteiger partial charge on any atom is 0.159 e. The Balaban J connectivity index is 2.84. The van der Waals surface area contributed by atoms with Gasteiger partial charge in [-0.15, -0.1) is 11.8 Å². The van der Waals surface area contributed by atoms with E-state index >= 15 is 0 Å². The lowest BCUT2D eigenvalue weighted by molar-refractivity contribution is 0.0764. The molecule has 1 heterocycles. The highest BCUT2D eigenvalue weighted by molar-refractivity contribution is 8.02. The molecule has 1 rings (SSSR count). The van der Waals surface area contributed by atoms with Gasteiger partial charge in [0.15, 0.2) is 6.23 Å². The van der Waals surface area contributed by atoms with Gasteiger partial charge in [-0.2, -0.15) is 0 Å². The van der Waals surface area contributed by atoms with Gasteiger partial charge in [-0.1, -0.05) is 6.92 Å². The number of hydrogen-bond acceptors (Lipinski definition) is 4. The maximum absolute atomic E-state index is 9.36. The average Bonchev–Trinajstić information content (AvgIpc) is 2.09. The van der Waals surface area contributed by atoms with Crippen LogP contribution in [0.1, 0.15) is 13.3 Å². The molecule has 0 aliphatic carbocycles. The molecule has 0 saturated carbocycles. The topological polar surface area (TPSA) is 49.5 Å². The minimum Gasteiger partial charge on any atom is -0.369 e. The lowest BCUT2D eigenvalue weighted by atomic mass is 10.1. The highest BCUT2D eigenvalue weighted by Gasteiger charge is 2.15. The van der Waals surface area contributed by atoms with Crippen molar-refractivity contribution in [3.05, 3.63) is 22.8 Å². The summed E-state index contributed by atoms with van der Waals surface area (Å²) in [7, 11) is 0. The third-order valence-corrected chi connectivity index (χ3v) is 2.65. The number of thioether (sulfide) groups is 1. The Labute approximate surface area is 76.9 Å². The SMILES string of the molecule is CCC1=CC(O)N(N)C=C1SC. The van der Waals surface area contributed by atoms with Gasteiger partial charge >= 0.3 is 0 Å². The van der Waals surface area contributed by atoms with Crippen molar-refractivity contribution in [3.63, 3.8) is 0 Å². The fraction of sp³-hybridized carbons (Fsp3) is 0.500. The molecule has 1 aliphatic rings. The Morgan fingerprint density at radius 2 is 2.42 bits per heavy atom. The maximum atomic E-state index is 9.36. The first-order chi connectivity index (χ1) is 5.69. The van der Waals surface area contributed by atoms with Gasteiger partial charge in [0.1, 0.15) is 0 Å². The Morgan fingerprint density at radius 1 is 1.75 bits per heavy atom. The van der Waals surface area contributed by atoms with Crippen LogP contribution in [0.5, 0.6) is 0 Å². The van der Waals surface area contributed by atoms with Crippen LogP contribution in [-0.2, 0) is 0 Å². The van der Waals surface area contributed by atoms with Crippen LogP contribution in [0.25, 0.3) is 0 Å². The molecular weight excluding hydrogens is 172 g/mol. The second-order valence-corrected chi connectivity index (χ2v) is 3.45. The first-order valence-corrected chi connectivity index (χ1v) is 5.09. The molecule has 0 spiro atoms. The molecule has 4 heteroatoms. The number of rotatable bonds is 2. The summed E-state index contributed by atoms with van der Waals surface area (Å²) in [5, 5.41) is 10.7. The highest BCUT2D eigenvalue weighted by atomic mass is 32.2. The van der Waals surface area contributed by atoms with E-state index in [-0.39, 0.29) is 0 Å². The molecule has 0 saturated heterocycles. The van der Waals surface area contributed by atoms with Gasteiger partial charge in [0.2, 0.25) is 0 Å². The molecule has 1 atom stereocenters. The molecule has 0 aromatic heterocycles. The van der Waals surface area contributed by atoms with Crippen molar-refractivity contribution in [2.75, 3.05) is 6.26 Å². The molecule has 68 valence electrons. The zero-order valence-electron chi connectivity index (χ0n) is 7.32. The summed E-state index contributed by atoms with van der Waals surface area (Å²) in [6.45, 7) is 2.06. The largest absolute Gasteiger partial charge is 0.369 e. The molecule has 0 amide bonds. The predicted molar refractivity (Wildman–Crippen MR) is 52.0 cm³/mol. The molecule has 1 aliphatic heterocycles. The summed E-state index contributed by atoms with van der Waals surface area (Å²) >= 11 is 1.64.